The lowest BCUT2D eigenvalue weighted by Gasteiger charge is -2.41. The van der Waals surface area contributed by atoms with Crippen LogP contribution in [0.1, 0.15) is 26.7 Å². The standard InChI is InChI=1S/C10H18O2/c1-7-8(6-11)10(2,3)5-4-9(7)12/h8-9,11-12H,1,4-6H2,2-3H3/t8-,9-/m0/s1. The zero-order chi connectivity index (χ0) is 9.35. The van der Waals surface area contributed by atoms with Gasteiger partial charge in [0.15, 0.2) is 0 Å². The molecule has 2 heteroatoms. The van der Waals surface area contributed by atoms with Gasteiger partial charge in [-0.25, -0.2) is 0 Å². The van der Waals surface area contributed by atoms with Crippen LogP contribution in [0.15, 0.2) is 12.2 Å². The van der Waals surface area contributed by atoms with Crippen molar-refractivity contribution >= 4 is 0 Å². The van der Waals surface area contributed by atoms with Gasteiger partial charge in [-0.05, 0) is 23.8 Å². The van der Waals surface area contributed by atoms with Gasteiger partial charge in [-0.2, -0.15) is 0 Å². The average Bonchev–Trinajstić information content (AvgIpc) is 1.99. The molecule has 70 valence electrons. The second-order valence-electron chi connectivity index (χ2n) is 4.35. The van der Waals surface area contributed by atoms with E-state index >= 15 is 0 Å². The Morgan fingerprint density at radius 1 is 1.58 bits per heavy atom. The van der Waals surface area contributed by atoms with Crippen LogP contribution in [0, 0.1) is 11.3 Å². The number of hydrogen-bond acceptors (Lipinski definition) is 2. The second kappa shape index (κ2) is 3.19. The minimum Gasteiger partial charge on any atom is -0.396 e. The first-order valence-electron chi connectivity index (χ1n) is 4.46. The predicted octanol–water partition coefficient (Wildman–Crippen LogP) is 1.33. The highest BCUT2D eigenvalue weighted by atomic mass is 16.3. The van der Waals surface area contributed by atoms with Crippen LogP contribution in [-0.4, -0.2) is 22.9 Å². The van der Waals surface area contributed by atoms with E-state index < -0.39 is 6.10 Å². The van der Waals surface area contributed by atoms with Crippen molar-refractivity contribution < 1.29 is 10.2 Å². The molecule has 1 rings (SSSR count). The molecule has 0 aliphatic heterocycles. The van der Waals surface area contributed by atoms with E-state index in [-0.39, 0.29) is 17.9 Å². The molecule has 12 heavy (non-hydrogen) atoms. The Balaban J connectivity index is 2.79. The Kier molecular flexibility index (Phi) is 2.59. The van der Waals surface area contributed by atoms with Gasteiger partial charge in [-0.1, -0.05) is 20.4 Å². The molecule has 1 aliphatic rings. The molecule has 1 fully saturated rings. The molecule has 0 amide bonds. The molecular formula is C10H18O2. The van der Waals surface area contributed by atoms with Crippen molar-refractivity contribution in [3.05, 3.63) is 12.2 Å². The van der Waals surface area contributed by atoms with Crippen LogP contribution in [0.3, 0.4) is 0 Å². The number of hydrogen-bond donors (Lipinski definition) is 2. The van der Waals surface area contributed by atoms with Gasteiger partial charge in [0.25, 0.3) is 0 Å². The summed E-state index contributed by atoms with van der Waals surface area (Å²) < 4.78 is 0. The molecule has 0 unspecified atom stereocenters. The Hall–Kier alpha value is -0.340. The van der Waals surface area contributed by atoms with Gasteiger partial charge in [0.1, 0.15) is 0 Å². The Labute approximate surface area is 73.9 Å². The molecule has 0 radical (unpaired) electrons. The Morgan fingerprint density at radius 3 is 2.58 bits per heavy atom. The van der Waals surface area contributed by atoms with E-state index in [1.54, 1.807) is 0 Å². The zero-order valence-electron chi connectivity index (χ0n) is 7.88. The summed E-state index contributed by atoms with van der Waals surface area (Å²) in [4.78, 5) is 0. The van der Waals surface area contributed by atoms with Crippen molar-refractivity contribution in [1.29, 1.82) is 0 Å². The predicted molar refractivity (Wildman–Crippen MR) is 48.7 cm³/mol. The van der Waals surface area contributed by atoms with Crippen molar-refractivity contribution in [2.75, 3.05) is 6.61 Å². The topological polar surface area (TPSA) is 40.5 Å². The second-order valence-corrected chi connectivity index (χ2v) is 4.35. The molecule has 0 spiro atoms. The van der Waals surface area contributed by atoms with Crippen molar-refractivity contribution in [2.45, 2.75) is 32.8 Å². The lowest BCUT2D eigenvalue weighted by Crippen LogP contribution is -2.38. The third-order valence-electron chi connectivity index (χ3n) is 3.06. The van der Waals surface area contributed by atoms with Gasteiger partial charge in [-0.3, -0.25) is 0 Å². The highest BCUT2D eigenvalue weighted by Gasteiger charge is 2.37. The van der Waals surface area contributed by atoms with Crippen LogP contribution in [0.4, 0.5) is 0 Å². The third-order valence-corrected chi connectivity index (χ3v) is 3.06. The first-order valence-corrected chi connectivity index (χ1v) is 4.46. The summed E-state index contributed by atoms with van der Waals surface area (Å²) in [6.45, 7) is 8.17. The van der Waals surface area contributed by atoms with Crippen LogP contribution in [0.2, 0.25) is 0 Å². The maximum absolute atomic E-state index is 9.50. The molecule has 0 heterocycles. The summed E-state index contributed by atoms with van der Waals surface area (Å²) in [6, 6.07) is 0. The third kappa shape index (κ3) is 1.54. The van der Waals surface area contributed by atoms with E-state index in [0.717, 1.165) is 18.4 Å². The Bertz CT molecular complexity index is 184. The number of aliphatic hydroxyl groups is 2. The molecule has 0 aromatic carbocycles. The van der Waals surface area contributed by atoms with Gasteiger partial charge >= 0.3 is 0 Å². The van der Waals surface area contributed by atoms with Crippen LogP contribution in [0.25, 0.3) is 0 Å². The highest BCUT2D eigenvalue weighted by molar-refractivity contribution is 5.14. The molecule has 0 aromatic rings. The summed E-state index contributed by atoms with van der Waals surface area (Å²) in [5.41, 5.74) is 0.888. The SMILES string of the molecule is C=C1[C@@H](O)CCC(C)(C)[C@H]1CO. The molecule has 0 aromatic heterocycles. The lowest BCUT2D eigenvalue weighted by molar-refractivity contribution is 0.0545. The van der Waals surface area contributed by atoms with Gasteiger partial charge in [-0.15, -0.1) is 0 Å². The van der Waals surface area contributed by atoms with Gasteiger partial charge in [0.05, 0.1) is 12.7 Å². The molecule has 0 bridgehead atoms. The summed E-state index contributed by atoms with van der Waals surface area (Å²) >= 11 is 0. The van der Waals surface area contributed by atoms with Crippen LogP contribution >= 0.6 is 0 Å². The van der Waals surface area contributed by atoms with E-state index in [1.165, 1.54) is 0 Å². The lowest BCUT2D eigenvalue weighted by atomic mass is 9.66. The number of rotatable bonds is 1. The molecule has 2 atom stereocenters. The molecule has 1 saturated carbocycles. The monoisotopic (exact) mass is 170 g/mol. The highest BCUT2D eigenvalue weighted by Crippen LogP contribution is 2.42. The van der Waals surface area contributed by atoms with E-state index in [9.17, 15) is 5.11 Å². The molecule has 2 nitrogen and oxygen atoms in total. The van der Waals surface area contributed by atoms with E-state index in [0.29, 0.717) is 0 Å². The van der Waals surface area contributed by atoms with Crippen LogP contribution in [-0.2, 0) is 0 Å². The average molecular weight is 170 g/mol. The fourth-order valence-electron chi connectivity index (χ4n) is 1.97. The molecule has 1 aliphatic carbocycles. The maximum atomic E-state index is 9.50. The van der Waals surface area contributed by atoms with Gasteiger partial charge < -0.3 is 10.2 Å². The Morgan fingerprint density at radius 2 is 2.17 bits per heavy atom. The van der Waals surface area contributed by atoms with E-state index in [4.69, 9.17) is 5.11 Å². The minimum atomic E-state index is -0.407. The van der Waals surface area contributed by atoms with E-state index in [1.807, 2.05) is 0 Å². The van der Waals surface area contributed by atoms with Crippen LogP contribution < -0.4 is 0 Å². The van der Waals surface area contributed by atoms with Crippen LogP contribution in [0.5, 0.6) is 0 Å². The van der Waals surface area contributed by atoms with Crippen molar-refractivity contribution in [3.8, 4) is 0 Å². The van der Waals surface area contributed by atoms with Crippen molar-refractivity contribution in [3.63, 3.8) is 0 Å². The molecule has 0 saturated heterocycles. The fraction of sp³-hybridized carbons (Fsp3) is 0.800. The largest absolute Gasteiger partial charge is 0.396 e. The van der Waals surface area contributed by atoms with Gasteiger partial charge in [0.2, 0.25) is 0 Å². The van der Waals surface area contributed by atoms with Crippen molar-refractivity contribution in [2.24, 2.45) is 11.3 Å². The molecule has 2 N–H and O–H groups in total. The first kappa shape index (κ1) is 9.75. The smallest absolute Gasteiger partial charge is 0.0751 e. The summed E-state index contributed by atoms with van der Waals surface area (Å²) in [5, 5.41) is 18.6. The maximum Gasteiger partial charge on any atom is 0.0751 e. The zero-order valence-corrected chi connectivity index (χ0v) is 7.88. The summed E-state index contributed by atoms with van der Waals surface area (Å²) in [7, 11) is 0. The fourth-order valence-corrected chi connectivity index (χ4v) is 1.97. The minimum absolute atomic E-state index is 0.0567. The normalized spacial score (nSPS) is 35.2. The quantitative estimate of drug-likeness (QED) is 0.583. The summed E-state index contributed by atoms with van der Waals surface area (Å²) in [5.74, 6) is 0.0567. The first-order chi connectivity index (χ1) is 5.49. The van der Waals surface area contributed by atoms with Crippen molar-refractivity contribution in [1.82, 2.24) is 0 Å². The number of aliphatic hydroxyl groups excluding tert-OH is 2. The molecular weight excluding hydrogens is 152 g/mol. The van der Waals surface area contributed by atoms with Gasteiger partial charge in [0, 0.05) is 5.92 Å². The van der Waals surface area contributed by atoms with E-state index in [2.05, 4.69) is 20.4 Å². The summed E-state index contributed by atoms with van der Waals surface area (Å²) in [6.07, 6.45) is 1.33.